The number of aliphatic hydroxyl groups is 1. The molecule has 0 saturated carbocycles. The number of anilines is 2. The minimum absolute atomic E-state index is 0.0604. The number of amides is 1. The summed E-state index contributed by atoms with van der Waals surface area (Å²) in [6.45, 7) is 1.63. The topological polar surface area (TPSA) is 150 Å². The molecule has 0 spiro atoms. The fourth-order valence-corrected chi connectivity index (χ4v) is 5.25. The number of rotatable bonds is 11. The van der Waals surface area contributed by atoms with Gasteiger partial charge in [0, 0.05) is 29.4 Å². The number of aliphatic hydroxyl groups excluding tert-OH is 1. The highest BCUT2D eigenvalue weighted by atomic mass is 32.2. The summed E-state index contributed by atoms with van der Waals surface area (Å²) in [4.78, 5) is 18.1. The molecule has 1 heterocycles. The molecule has 10 nitrogen and oxygen atoms in total. The monoisotopic (exact) mass is 582 g/mol. The normalized spacial score (nSPS) is 13.7. The first kappa shape index (κ1) is 29.0. The van der Waals surface area contributed by atoms with Crippen molar-refractivity contribution in [1.29, 1.82) is 0 Å². The molecule has 0 saturated heterocycles. The number of hydrogen-bond donors (Lipinski definition) is 5. The van der Waals surface area contributed by atoms with E-state index in [4.69, 9.17) is 4.74 Å². The predicted molar refractivity (Wildman–Crippen MR) is 156 cm³/mol. The van der Waals surface area contributed by atoms with Crippen LogP contribution in [-0.2, 0) is 20.4 Å². The highest BCUT2D eigenvalue weighted by Crippen LogP contribution is 2.30. The lowest BCUT2D eigenvalue weighted by Gasteiger charge is -2.31. The Balaban J connectivity index is 1.59. The molecule has 4 aromatic rings. The molecule has 0 aliphatic carbocycles. The van der Waals surface area contributed by atoms with E-state index in [-0.39, 0.29) is 23.9 Å². The van der Waals surface area contributed by atoms with Crippen molar-refractivity contribution in [2.45, 2.75) is 18.6 Å². The Morgan fingerprint density at radius 1 is 1.12 bits per heavy atom. The number of ether oxygens (including phenoxy) is 1. The Morgan fingerprint density at radius 3 is 2.52 bits per heavy atom. The number of hydrogen-bond acceptors (Lipinski definition) is 9. The number of carbonyl (C=O) groups is 1. The smallest absolute Gasteiger partial charge is 0.249 e. The van der Waals surface area contributed by atoms with Gasteiger partial charge < -0.3 is 20.3 Å². The molecule has 4 rings (SSSR count). The van der Waals surface area contributed by atoms with Crippen LogP contribution < -0.4 is 20.1 Å². The number of nitrogens with one attached hydrogen (secondary N) is 3. The Labute approximate surface area is 236 Å². The number of methoxy groups -OCH3 is 1. The van der Waals surface area contributed by atoms with E-state index >= 15 is 0 Å². The number of aromatic nitrogens is 1. The van der Waals surface area contributed by atoms with Crippen LogP contribution in [-0.4, -0.2) is 49.4 Å². The highest BCUT2D eigenvalue weighted by molar-refractivity contribution is 7.92. The molecule has 0 unspecified atom stereocenters. The standard InChI is InChI=1S/C28H30N4O6S2/c1-28(20-8-10-22(38-2)11-9-20,27(35)31-21-6-4-5-19(15-21)26-29-13-14-39-26)30-17-25(34)18-7-12-24(33)23(16-18)32-40(3,36)37/h4-16,25,30,32-34H,17H2,1-3H3,(H,31,35)/t25-,28-/m0/s1. The number of aromatic hydroxyl groups is 1. The van der Waals surface area contributed by atoms with Gasteiger partial charge in [0.1, 0.15) is 22.0 Å². The van der Waals surface area contributed by atoms with Gasteiger partial charge in [-0.1, -0.05) is 30.3 Å². The van der Waals surface area contributed by atoms with Gasteiger partial charge in [-0.05, 0) is 54.4 Å². The van der Waals surface area contributed by atoms with E-state index in [1.165, 1.54) is 29.5 Å². The third-order valence-corrected chi connectivity index (χ3v) is 7.68. The first-order valence-corrected chi connectivity index (χ1v) is 15.0. The van der Waals surface area contributed by atoms with Crippen molar-refractivity contribution >= 4 is 38.6 Å². The zero-order valence-corrected chi connectivity index (χ0v) is 23.7. The molecule has 1 aromatic heterocycles. The number of phenolic OH excluding ortho intramolecular Hbond substituents is 1. The van der Waals surface area contributed by atoms with E-state index in [0.717, 1.165) is 16.8 Å². The molecule has 40 heavy (non-hydrogen) atoms. The quantitative estimate of drug-likeness (QED) is 0.166. The van der Waals surface area contributed by atoms with Gasteiger partial charge in [-0.25, -0.2) is 13.4 Å². The van der Waals surface area contributed by atoms with Crippen molar-refractivity contribution in [3.63, 3.8) is 0 Å². The van der Waals surface area contributed by atoms with Gasteiger partial charge in [0.05, 0.1) is 25.2 Å². The van der Waals surface area contributed by atoms with E-state index < -0.39 is 21.7 Å². The van der Waals surface area contributed by atoms with Gasteiger partial charge in [0.15, 0.2) is 0 Å². The van der Waals surface area contributed by atoms with Crippen molar-refractivity contribution in [1.82, 2.24) is 10.3 Å². The Kier molecular flexibility index (Phi) is 8.74. The van der Waals surface area contributed by atoms with Crippen LogP contribution in [0.4, 0.5) is 11.4 Å². The summed E-state index contributed by atoms with van der Waals surface area (Å²) in [5.74, 6) is -0.0271. The number of thiazole rings is 1. The molecule has 0 bridgehead atoms. The molecule has 1 amide bonds. The van der Waals surface area contributed by atoms with Crippen molar-refractivity contribution < 1.29 is 28.2 Å². The molecule has 12 heteroatoms. The van der Waals surface area contributed by atoms with Crippen molar-refractivity contribution in [3.8, 4) is 22.1 Å². The maximum Gasteiger partial charge on any atom is 0.249 e. The Morgan fingerprint density at radius 2 is 1.88 bits per heavy atom. The van der Waals surface area contributed by atoms with Crippen LogP contribution in [0.5, 0.6) is 11.5 Å². The molecule has 0 aliphatic rings. The SMILES string of the molecule is COc1ccc([C@](C)(NC[C@H](O)c2ccc(O)c(NS(C)(=O)=O)c2)C(=O)Nc2cccc(-c3nccs3)c2)cc1. The fourth-order valence-electron chi connectivity index (χ4n) is 4.05. The second-order valence-corrected chi connectivity index (χ2v) is 11.9. The maximum absolute atomic E-state index is 13.8. The first-order valence-electron chi connectivity index (χ1n) is 12.2. The van der Waals surface area contributed by atoms with Crippen LogP contribution in [0.15, 0.2) is 78.3 Å². The molecular weight excluding hydrogens is 552 g/mol. The maximum atomic E-state index is 13.8. The van der Waals surface area contributed by atoms with Gasteiger partial charge in [-0.3, -0.25) is 14.8 Å². The van der Waals surface area contributed by atoms with E-state index in [9.17, 15) is 23.4 Å². The molecule has 210 valence electrons. The molecular formula is C28H30N4O6S2. The summed E-state index contributed by atoms with van der Waals surface area (Å²) in [6.07, 6.45) is 1.54. The average Bonchev–Trinajstić information content (AvgIpc) is 3.47. The van der Waals surface area contributed by atoms with E-state index in [0.29, 0.717) is 22.6 Å². The van der Waals surface area contributed by atoms with Crippen LogP contribution in [0.25, 0.3) is 10.6 Å². The minimum Gasteiger partial charge on any atom is -0.506 e. The fraction of sp³-hybridized carbons (Fsp3) is 0.214. The lowest BCUT2D eigenvalue weighted by molar-refractivity contribution is -0.122. The van der Waals surface area contributed by atoms with Crippen LogP contribution in [0.1, 0.15) is 24.2 Å². The van der Waals surface area contributed by atoms with Gasteiger partial charge in [0.2, 0.25) is 15.9 Å². The molecule has 2 atom stereocenters. The average molecular weight is 583 g/mol. The molecule has 0 fully saturated rings. The van der Waals surface area contributed by atoms with Crippen molar-refractivity contribution in [2.75, 3.05) is 29.9 Å². The second kappa shape index (κ2) is 12.0. The van der Waals surface area contributed by atoms with Gasteiger partial charge in [-0.2, -0.15) is 0 Å². The van der Waals surface area contributed by atoms with Crippen molar-refractivity contribution in [3.05, 3.63) is 89.4 Å². The summed E-state index contributed by atoms with van der Waals surface area (Å²) in [6, 6.07) is 18.5. The molecule has 0 aliphatic heterocycles. The number of benzene rings is 3. The van der Waals surface area contributed by atoms with Gasteiger partial charge in [0.25, 0.3) is 0 Å². The van der Waals surface area contributed by atoms with Crippen LogP contribution >= 0.6 is 11.3 Å². The number of nitrogens with zero attached hydrogens (tertiary/aromatic N) is 1. The number of carbonyl (C=O) groups excluding carboxylic acids is 1. The number of sulfonamides is 1. The third-order valence-electron chi connectivity index (χ3n) is 6.27. The molecule has 0 radical (unpaired) electrons. The lowest BCUT2D eigenvalue weighted by atomic mass is 9.90. The Hall–Kier alpha value is -3.97. The second-order valence-electron chi connectivity index (χ2n) is 9.27. The summed E-state index contributed by atoms with van der Waals surface area (Å²) in [7, 11) is -2.10. The highest BCUT2D eigenvalue weighted by Gasteiger charge is 2.36. The van der Waals surface area contributed by atoms with E-state index in [1.54, 1.807) is 50.6 Å². The largest absolute Gasteiger partial charge is 0.506 e. The van der Waals surface area contributed by atoms with Gasteiger partial charge in [-0.15, -0.1) is 11.3 Å². The summed E-state index contributed by atoms with van der Waals surface area (Å²) >= 11 is 1.49. The summed E-state index contributed by atoms with van der Waals surface area (Å²) in [5.41, 5.74) is 1.05. The van der Waals surface area contributed by atoms with Gasteiger partial charge >= 0.3 is 0 Å². The third kappa shape index (κ3) is 6.96. The molecule has 3 aromatic carbocycles. The Bertz CT molecular complexity index is 1580. The zero-order valence-electron chi connectivity index (χ0n) is 22.1. The summed E-state index contributed by atoms with van der Waals surface area (Å²) < 4.78 is 30.8. The van der Waals surface area contributed by atoms with Crippen molar-refractivity contribution in [2.24, 2.45) is 0 Å². The lowest BCUT2D eigenvalue weighted by Crippen LogP contribution is -2.50. The molecule has 5 N–H and O–H groups in total. The van der Waals surface area contributed by atoms with Crippen LogP contribution in [0.3, 0.4) is 0 Å². The predicted octanol–water partition coefficient (Wildman–Crippen LogP) is 4.07. The first-order chi connectivity index (χ1) is 19.0. The van der Waals surface area contributed by atoms with Crippen LogP contribution in [0, 0.1) is 0 Å². The van der Waals surface area contributed by atoms with E-state index in [1.807, 2.05) is 23.6 Å². The zero-order chi connectivity index (χ0) is 28.9. The minimum atomic E-state index is -3.65. The van der Waals surface area contributed by atoms with E-state index in [2.05, 4.69) is 20.3 Å². The summed E-state index contributed by atoms with van der Waals surface area (Å²) in [5, 5.41) is 29.9. The van der Waals surface area contributed by atoms with Crippen LogP contribution in [0.2, 0.25) is 0 Å². The number of phenols is 1.